The van der Waals surface area contributed by atoms with Crippen molar-refractivity contribution in [2.75, 3.05) is 0 Å². The molecule has 0 atom stereocenters. The van der Waals surface area contributed by atoms with Crippen LogP contribution in [0, 0.1) is 0 Å². The Morgan fingerprint density at radius 2 is 1.17 bits per heavy atom. The Labute approximate surface area is 115 Å². The maximum absolute atomic E-state index is 10.8. The number of ether oxygens (including phenoxy) is 3. The molecule has 0 spiro atoms. The molecule has 2 N–H and O–H groups in total. The summed E-state index contributed by atoms with van der Waals surface area (Å²) >= 11 is 0. The molecule has 0 saturated heterocycles. The van der Waals surface area contributed by atoms with Crippen LogP contribution in [-0.4, -0.2) is 60.3 Å². The van der Waals surface area contributed by atoms with E-state index in [0.29, 0.717) is 0 Å². The summed E-state index contributed by atoms with van der Waals surface area (Å²) in [6.07, 6.45) is -2.96. The van der Waals surface area contributed by atoms with Gasteiger partial charge in [-0.2, -0.15) is 0 Å². The van der Waals surface area contributed by atoms with Crippen molar-refractivity contribution in [3.8, 4) is 0 Å². The van der Waals surface area contributed by atoms with Crippen molar-refractivity contribution in [2.45, 2.75) is 26.9 Å². The van der Waals surface area contributed by atoms with E-state index in [1.807, 2.05) is 0 Å². The topological polar surface area (TPSA) is 129 Å². The summed E-state index contributed by atoms with van der Waals surface area (Å²) in [5.74, 6) is -3.14. The second-order valence-electron chi connectivity index (χ2n) is 2.73. The van der Waals surface area contributed by atoms with Crippen molar-refractivity contribution in [3.05, 3.63) is 0 Å². The van der Waals surface area contributed by atoms with Gasteiger partial charge in [-0.1, -0.05) is 0 Å². The Hall–Kier alpha value is -1.05. The van der Waals surface area contributed by atoms with Crippen LogP contribution in [0.3, 0.4) is 0 Å². The van der Waals surface area contributed by atoms with Crippen molar-refractivity contribution in [1.29, 1.82) is 0 Å². The first-order valence-corrected chi connectivity index (χ1v) is 4.29. The van der Waals surface area contributed by atoms with E-state index < -0.39 is 31.4 Å². The molecule has 0 aliphatic carbocycles. The van der Waals surface area contributed by atoms with Gasteiger partial charge < -0.3 is 24.3 Å². The molecular formula is C7H12BLiO9. The molecule has 0 heterocycles. The van der Waals surface area contributed by atoms with Gasteiger partial charge in [0, 0.05) is 20.8 Å². The molecule has 11 heteroatoms. The van der Waals surface area contributed by atoms with Crippen LogP contribution in [0.25, 0.3) is 0 Å². The normalized spacial score (nSPS) is 9.83. The minimum absolute atomic E-state index is 0. The summed E-state index contributed by atoms with van der Waals surface area (Å²) in [5, 5.41) is 17.2. The van der Waals surface area contributed by atoms with Gasteiger partial charge in [0.1, 0.15) is 0 Å². The summed E-state index contributed by atoms with van der Waals surface area (Å²) in [5.41, 5.74) is 0. The van der Waals surface area contributed by atoms with E-state index in [4.69, 9.17) is 10.0 Å². The van der Waals surface area contributed by atoms with Crippen molar-refractivity contribution in [2.24, 2.45) is 0 Å². The van der Waals surface area contributed by atoms with Crippen molar-refractivity contribution in [3.63, 3.8) is 0 Å². The van der Waals surface area contributed by atoms with E-state index in [2.05, 4.69) is 18.9 Å². The van der Waals surface area contributed by atoms with Gasteiger partial charge in [-0.25, -0.2) is 0 Å². The first-order chi connectivity index (χ1) is 7.67. The van der Waals surface area contributed by atoms with Crippen LogP contribution in [-0.2, 0) is 33.2 Å². The molecule has 18 heavy (non-hydrogen) atoms. The predicted octanol–water partition coefficient (Wildman–Crippen LogP) is -2.38. The van der Waals surface area contributed by atoms with E-state index in [9.17, 15) is 14.4 Å². The van der Waals surface area contributed by atoms with Gasteiger partial charge in [-0.15, -0.1) is 0 Å². The van der Waals surface area contributed by atoms with Crippen molar-refractivity contribution >= 4 is 44.1 Å². The van der Waals surface area contributed by atoms with Crippen molar-refractivity contribution in [1.82, 2.24) is 0 Å². The molecule has 0 rings (SSSR count). The third kappa shape index (κ3) is 8.10. The monoisotopic (exact) mass is 258 g/mol. The predicted molar refractivity (Wildman–Crippen MR) is 56.5 cm³/mol. The van der Waals surface area contributed by atoms with E-state index >= 15 is 0 Å². The fourth-order valence-corrected chi connectivity index (χ4v) is 0.792. The zero-order chi connectivity index (χ0) is 13.6. The Morgan fingerprint density at radius 1 is 0.889 bits per heavy atom. The standard InChI is InChI=1S/C7H11BO9.Li.H/c1-4(9)14-7(15-5(2)10,16-6(3)11)17-8(12)13;;/h12-13H,1-3H3;;. The Morgan fingerprint density at radius 3 is 1.33 bits per heavy atom. The molecule has 0 aromatic carbocycles. The fourth-order valence-electron chi connectivity index (χ4n) is 0.792. The molecule has 0 radical (unpaired) electrons. The number of hydrogen-bond acceptors (Lipinski definition) is 9. The van der Waals surface area contributed by atoms with Gasteiger partial charge in [0.05, 0.1) is 0 Å². The molecular weight excluding hydrogens is 246 g/mol. The summed E-state index contributed by atoms with van der Waals surface area (Å²) in [6.45, 7) is 2.69. The molecule has 0 fully saturated rings. The molecule has 9 nitrogen and oxygen atoms in total. The number of hydrogen-bond donors (Lipinski definition) is 2. The quantitative estimate of drug-likeness (QED) is 0.315. The minimum atomic E-state index is -2.96. The molecule has 0 aliphatic rings. The van der Waals surface area contributed by atoms with E-state index in [1.165, 1.54) is 0 Å². The maximum atomic E-state index is 10.8. The van der Waals surface area contributed by atoms with Crippen molar-refractivity contribution < 1.29 is 43.3 Å². The Bertz CT molecular complexity index is 277. The number of carbonyl (C=O) groups is 3. The average molecular weight is 258 g/mol. The molecule has 0 aromatic rings. The van der Waals surface area contributed by atoms with Gasteiger partial charge in [0.2, 0.25) is 0 Å². The SMILES string of the molecule is CC(=O)OC(OB(O)O)(OC(C)=O)OC(C)=O.[LiH]. The van der Waals surface area contributed by atoms with Crippen LogP contribution >= 0.6 is 0 Å². The van der Waals surface area contributed by atoms with Crippen LogP contribution in [0.4, 0.5) is 0 Å². The van der Waals surface area contributed by atoms with E-state index in [-0.39, 0.29) is 18.9 Å². The Kier molecular flexibility index (Phi) is 8.71. The van der Waals surface area contributed by atoms with E-state index in [1.54, 1.807) is 0 Å². The van der Waals surface area contributed by atoms with Gasteiger partial charge >= 0.3 is 50.2 Å². The van der Waals surface area contributed by atoms with Crippen LogP contribution in [0.1, 0.15) is 20.8 Å². The second kappa shape index (κ2) is 8.12. The summed E-state index contributed by atoms with van der Waals surface area (Å²) in [7, 11) is -2.51. The first kappa shape index (κ1) is 19.3. The van der Waals surface area contributed by atoms with Crippen LogP contribution in [0.15, 0.2) is 0 Å². The van der Waals surface area contributed by atoms with Gasteiger partial charge in [-0.05, 0) is 0 Å². The summed E-state index contributed by atoms with van der Waals surface area (Å²) in [6, 6.07) is 0. The zero-order valence-electron chi connectivity index (χ0n) is 9.33. The zero-order valence-corrected chi connectivity index (χ0v) is 9.33. The Balaban J connectivity index is 0. The summed E-state index contributed by atoms with van der Waals surface area (Å²) < 4.78 is 17.1. The molecule has 0 saturated carbocycles. The molecule has 98 valence electrons. The van der Waals surface area contributed by atoms with E-state index in [0.717, 1.165) is 20.8 Å². The van der Waals surface area contributed by atoms with Gasteiger partial charge in [0.25, 0.3) is 0 Å². The number of rotatable bonds is 5. The van der Waals surface area contributed by atoms with Gasteiger partial charge in [-0.3, -0.25) is 19.0 Å². The number of esters is 3. The molecule has 0 amide bonds. The number of carbonyl (C=O) groups excluding carboxylic acids is 3. The molecule has 0 unspecified atom stereocenters. The van der Waals surface area contributed by atoms with Crippen LogP contribution in [0.2, 0.25) is 0 Å². The van der Waals surface area contributed by atoms with Gasteiger partial charge in [0.15, 0.2) is 0 Å². The summed E-state index contributed by atoms with van der Waals surface area (Å²) in [4.78, 5) is 32.3. The van der Waals surface area contributed by atoms with Crippen LogP contribution in [0.5, 0.6) is 0 Å². The van der Waals surface area contributed by atoms with Crippen LogP contribution < -0.4 is 0 Å². The molecule has 0 aliphatic heterocycles. The third-order valence-corrected chi connectivity index (χ3v) is 1.06. The molecule has 0 bridgehead atoms. The molecule has 0 aromatic heterocycles. The fraction of sp³-hybridized carbons (Fsp3) is 0.571. The average Bonchev–Trinajstić information content (AvgIpc) is 1.95. The second-order valence-corrected chi connectivity index (χ2v) is 2.73. The first-order valence-electron chi connectivity index (χ1n) is 4.29. The third-order valence-electron chi connectivity index (χ3n) is 1.06.